The van der Waals surface area contributed by atoms with Crippen LogP contribution in [0.5, 0.6) is 0 Å². The van der Waals surface area contributed by atoms with E-state index in [1.165, 1.54) is 6.07 Å². The maximum Gasteiger partial charge on any atom is 0.125 e. The normalized spacial score (nSPS) is 23.6. The molecule has 1 saturated carbocycles. The van der Waals surface area contributed by atoms with Crippen molar-refractivity contribution in [3.63, 3.8) is 0 Å². The van der Waals surface area contributed by atoms with Gasteiger partial charge in [0.1, 0.15) is 11.6 Å². The van der Waals surface area contributed by atoms with Crippen LogP contribution in [0.2, 0.25) is 0 Å². The SMILES string of the molecule is CC(C)n1c([C@@H]2CC[C@H](N)C2)nc2ccc(F)cc21. The van der Waals surface area contributed by atoms with E-state index >= 15 is 0 Å². The van der Waals surface area contributed by atoms with E-state index < -0.39 is 0 Å². The number of rotatable bonds is 2. The summed E-state index contributed by atoms with van der Waals surface area (Å²) in [6.07, 6.45) is 3.12. The van der Waals surface area contributed by atoms with Gasteiger partial charge in [-0.25, -0.2) is 9.37 Å². The first-order chi connectivity index (χ1) is 9.06. The number of fused-ring (bicyclic) bond motifs is 1. The highest BCUT2D eigenvalue weighted by atomic mass is 19.1. The van der Waals surface area contributed by atoms with E-state index in [1.54, 1.807) is 12.1 Å². The molecule has 1 aliphatic rings. The number of benzene rings is 1. The molecule has 4 heteroatoms. The van der Waals surface area contributed by atoms with Crippen molar-refractivity contribution in [2.75, 3.05) is 0 Å². The summed E-state index contributed by atoms with van der Waals surface area (Å²) in [6, 6.07) is 5.38. The molecule has 1 aromatic carbocycles. The molecule has 1 aromatic heterocycles. The number of halogens is 1. The largest absolute Gasteiger partial charge is 0.328 e. The van der Waals surface area contributed by atoms with Crippen LogP contribution in [0, 0.1) is 5.82 Å². The second-order valence-corrected chi connectivity index (χ2v) is 5.84. The molecule has 0 saturated heterocycles. The molecule has 3 rings (SSSR count). The first-order valence-electron chi connectivity index (χ1n) is 6.99. The number of aromatic nitrogens is 2. The molecule has 19 heavy (non-hydrogen) atoms. The van der Waals surface area contributed by atoms with Crippen LogP contribution in [0.1, 0.15) is 50.9 Å². The molecule has 102 valence electrons. The Bertz CT molecular complexity index is 603. The van der Waals surface area contributed by atoms with Gasteiger partial charge < -0.3 is 10.3 Å². The topological polar surface area (TPSA) is 43.8 Å². The van der Waals surface area contributed by atoms with Gasteiger partial charge in [-0.05, 0) is 51.3 Å². The van der Waals surface area contributed by atoms with Crippen LogP contribution in [0.3, 0.4) is 0 Å². The Morgan fingerprint density at radius 3 is 2.79 bits per heavy atom. The Balaban J connectivity index is 2.15. The number of nitrogens with zero attached hydrogens (tertiary/aromatic N) is 2. The number of nitrogens with two attached hydrogens (primary N) is 1. The van der Waals surface area contributed by atoms with Gasteiger partial charge in [0, 0.05) is 18.0 Å². The van der Waals surface area contributed by atoms with Gasteiger partial charge in [0.2, 0.25) is 0 Å². The minimum absolute atomic E-state index is 0.205. The molecule has 3 nitrogen and oxygen atoms in total. The third-order valence-corrected chi connectivity index (χ3v) is 4.03. The maximum atomic E-state index is 13.5. The van der Waals surface area contributed by atoms with Gasteiger partial charge >= 0.3 is 0 Å². The van der Waals surface area contributed by atoms with Gasteiger partial charge in [-0.3, -0.25) is 0 Å². The van der Waals surface area contributed by atoms with Crippen LogP contribution in [0.15, 0.2) is 18.2 Å². The summed E-state index contributed by atoms with van der Waals surface area (Å²) < 4.78 is 15.6. The third-order valence-electron chi connectivity index (χ3n) is 4.03. The number of imidazole rings is 1. The predicted octanol–water partition coefficient (Wildman–Crippen LogP) is 3.35. The summed E-state index contributed by atoms with van der Waals surface area (Å²) in [6.45, 7) is 4.23. The Morgan fingerprint density at radius 1 is 1.37 bits per heavy atom. The zero-order valence-electron chi connectivity index (χ0n) is 11.4. The lowest BCUT2D eigenvalue weighted by atomic mass is 10.1. The van der Waals surface area contributed by atoms with Crippen molar-refractivity contribution in [1.29, 1.82) is 0 Å². The van der Waals surface area contributed by atoms with Gasteiger partial charge in [-0.15, -0.1) is 0 Å². The van der Waals surface area contributed by atoms with Crippen LogP contribution in [-0.4, -0.2) is 15.6 Å². The molecular formula is C15H20FN3. The van der Waals surface area contributed by atoms with E-state index in [1.807, 2.05) is 0 Å². The average molecular weight is 261 g/mol. The highest BCUT2D eigenvalue weighted by Crippen LogP contribution is 2.36. The molecule has 1 heterocycles. The van der Waals surface area contributed by atoms with Crippen LogP contribution >= 0.6 is 0 Å². The molecule has 0 amide bonds. The van der Waals surface area contributed by atoms with Crippen molar-refractivity contribution in [2.45, 2.75) is 51.1 Å². The second-order valence-electron chi connectivity index (χ2n) is 5.84. The van der Waals surface area contributed by atoms with Crippen molar-refractivity contribution in [1.82, 2.24) is 9.55 Å². The van der Waals surface area contributed by atoms with Crippen molar-refractivity contribution >= 4 is 11.0 Å². The summed E-state index contributed by atoms with van der Waals surface area (Å²) >= 11 is 0. The third kappa shape index (κ3) is 2.14. The summed E-state index contributed by atoms with van der Waals surface area (Å²) in [5.74, 6) is 1.28. The highest BCUT2D eigenvalue weighted by Gasteiger charge is 2.28. The Hall–Kier alpha value is -1.42. The maximum absolute atomic E-state index is 13.5. The lowest BCUT2D eigenvalue weighted by Crippen LogP contribution is -2.16. The Morgan fingerprint density at radius 2 is 2.16 bits per heavy atom. The van der Waals surface area contributed by atoms with Gasteiger partial charge in [0.25, 0.3) is 0 Å². The molecule has 0 aliphatic heterocycles. The first kappa shape index (κ1) is 12.6. The fourth-order valence-corrected chi connectivity index (χ4v) is 3.17. The Labute approximate surface area is 112 Å². The summed E-state index contributed by atoms with van der Waals surface area (Å²) in [4.78, 5) is 4.73. The molecule has 1 aliphatic carbocycles. The van der Waals surface area contributed by atoms with Crippen molar-refractivity contribution in [2.24, 2.45) is 5.73 Å². The summed E-state index contributed by atoms with van der Waals surface area (Å²) in [7, 11) is 0. The van der Waals surface area contributed by atoms with Crippen LogP contribution in [0.25, 0.3) is 11.0 Å². The molecule has 1 fully saturated rings. The van der Waals surface area contributed by atoms with Crippen LogP contribution in [-0.2, 0) is 0 Å². The molecule has 2 N–H and O–H groups in total. The zero-order chi connectivity index (χ0) is 13.6. The van der Waals surface area contributed by atoms with Crippen LogP contribution in [0.4, 0.5) is 4.39 Å². The molecular weight excluding hydrogens is 241 g/mol. The standard InChI is InChI=1S/C15H20FN3/c1-9(2)19-14-8-11(16)4-6-13(14)18-15(19)10-3-5-12(17)7-10/h4,6,8-10,12H,3,5,7,17H2,1-2H3/t10-,12+/m1/s1. The van der Waals surface area contributed by atoms with E-state index in [-0.39, 0.29) is 17.9 Å². The lowest BCUT2D eigenvalue weighted by Gasteiger charge is -2.17. The molecule has 0 unspecified atom stereocenters. The van der Waals surface area contributed by atoms with Gasteiger partial charge in [-0.1, -0.05) is 0 Å². The molecule has 0 radical (unpaired) electrons. The van der Waals surface area contributed by atoms with E-state index in [0.717, 1.165) is 36.1 Å². The average Bonchev–Trinajstić information content (AvgIpc) is 2.91. The fraction of sp³-hybridized carbons (Fsp3) is 0.533. The quantitative estimate of drug-likeness (QED) is 0.901. The number of hydrogen-bond acceptors (Lipinski definition) is 2. The molecule has 0 bridgehead atoms. The van der Waals surface area contributed by atoms with Crippen molar-refractivity contribution < 1.29 is 4.39 Å². The van der Waals surface area contributed by atoms with Crippen molar-refractivity contribution in [3.05, 3.63) is 29.8 Å². The lowest BCUT2D eigenvalue weighted by molar-refractivity contribution is 0.535. The van der Waals surface area contributed by atoms with E-state index in [0.29, 0.717) is 5.92 Å². The van der Waals surface area contributed by atoms with Gasteiger partial charge in [0.15, 0.2) is 0 Å². The van der Waals surface area contributed by atoms with E-state index in [9.17, 15) is 4.39 Å². The molecule has 2 aromatic rings. The number of hydrogen-bond donors (Lipinski definition) is 1. The fourth-order valence-electron chi connectivity index (χ4n) is 3.17. The molecule has 0 spiro atoms. The highest BCUT2D eigenvalue weighted by molar-refractivity contribution is 5.76. The zero-order valence-corrected chi connectivity index (χ0v) is 11.4. The summed E-state index contributed by atoms with van der Waals surface area (Å²) in [5, 5.41) is 0. The van der Waals surface area contributed by atoms with Crippen molar-refractivity contribution in [3.8, 4) is 0 Å². The van der Waals surface area contributed by atoms with Gasteiger partial charge in [-0.2, -0.15) is 0 Å². The van der Waals surface area contributed by atoms with E-state index in [2.05, 4.69) is 18.4 Å². The van der Waals surface area contributed by atoms with Gasteiger partial charge in [0.05, 0.1) is 11.0 Å². The monoisotopic (exact) mass is 261 g/mol. The second kappa shape index (κ2) is 4.60. The summed E-state index contributed by atoms with van der Waals surface area (Å²) in [5.41, 5.74) is 7.78. The minimum atomic E-state index is -0.205. The van der Waals surface area contributed by atoms with E-state index in [4.69, 9.17) is 10.7 Å². The first-order valence-corrected chi connectivity index (χ1v) is 6.99. The molecule has 2 atom stereocenters. The van der Waals surface area contributed by atoms with Crippen LogP contribution < -0.4 is 5.73 Å². The smallest absolute Gasteiger partial charge is 0.125 e. The Kier molecular flexibility index (Phi) is 3.05. The predicted molar refractivity (Wildman–Crippen MR) is 74.6 cm³/mol. The minimum Gasteiger partial charge on any atom is -0.328 e.